The molecular weight excluding hydrogens is 234 g/mol. The number of nitrogens with zero attached hydrogens (tertiary/aromatic N) is 1. The Bertz CT molecular complexity index is 506. The third-order valence-electron chi connectivity index (χ3n) is 3.69. The number of benzene rings is 1. The maximum atomic E-state index is 5.97. The molecule has 0 aliphatic rings. The summed E-state index contributed by atoms with van der Waals surface area (Å²) >= 11 is 5.97. The third kappa shape index (κ3) is 2.05. The Morgan fingerprint density at radius 3 is 2.65 bits per heavy atom. The van der Waals surface area contributed by atoms with Crippen molar-refractivity contribution in [2.45, 2.75) is 32.1 Å². The number of aromatic amines is 1. The van der Waals surface area contributed by atoms with Crippen molar-refractivity contribution in [1.29, 1.82) is 0 Å². The molecule has 1 aromatic heterocycles. The highest BCUT2D eigenvalue weighted by Crippen LogP contribution is 2.30. The summed E-state index contributed by atoms with van der Waals surface area (Å²) in [4.78, 5) is 8.00. The van der Waals surface area contributed by atoms with Crippen molar-refractivity contribution >= 4 is 22.6 Å². The number of halogens is 1. The monoisotopic (exact) mass is 251 g/mol. The quantitative estimate of drug-likeness (QED) is 0.877. The third-order valence-corrected chi connectivity index (χ3v) is 3.93. The number of H-pyrrole nitrogens is 1. The Morgan fingerprint density at radius 2 is 2.06 bits per heavy atom. The van der Waals surface area contributed by atoms with E-state index in [1.165, 1.54) is 0 Å². The zero-order valence-electron chi connectivity index (χ0n) is 10.3. The fourth-order valence-electron chi connectivity index (χ4n) is 2.20. The van der Waals surface area contributed by atoms with Gasteiger partial charge in [0.25, 0.3) is 0 Å². The van der Waals surface area contributed by atoms with Crippen molar-refractivity contribution in [1.82, 2.24) is 9.97 Å². The van der Waals surface area contributed by atoms with Gasteiger partial charge in [-0.3, -0.25) is 0 Å². The summed E-state index contributed by atoms with van der Waals surface area (Å²) in [7, 11) is 0. The van der Waals surface area contributed by atoms with Gasteiger partial charge in [0.05, 0.1) is 11.0 Å². The number of nitrogens with one attached hydrogen (secondary N) is 1. The van der Waals surface area contributed by atoms with Gasteiger partial charge in [-0.25, -0.2) is 4.98 Å². The van der Waals surface area contributed by atoms with Crippen molar-refractivity contribution in [2.24, 2.45) is 5.73 Å². The van der Waals surface area contributed by atoms with Crippen LogP contribution in [0.2, 0.25) is 5.02 Å². The van der Waals surface area contributed by atoms with E-state index in [2.05, 4.69) is 23.8 Å². The highest BCUT2D eigenvalue weighted by molar-refractivity contribution is 6.31. The molecule has 2 aromatic rings. The standard InChI is InChI=1S/C13H18ClN3/c1-3-13(4-2,8-15)12-16-10-6-5-9(14)7-11(10)17-12/h5-7H,3-4,8,15H2,1-2H3,(H,16,17). The van der Waals surface area contributed by atoms with Crippen LogP contribution < -0.4 is 5.73 Å². The minimum atomic E-state index is -0.0501. The first-order chi connectivity index (χ1) is 8.15. The second kappa shape index (κ2) is 4.67. The van der Waals surface area contributed by atoms with E-state index in [0.29, 0.717) is 6.54 Å². The van der Waals surface area contributed by atoms with Crippen molar-refractivity contribution in [3.63, 3.8) is 0 Å². The first-order valence-electron chi connectivity index (χ1n) is 6.01. The molecule has 0 aliphatic heterocycles. The number of fused-ring (bicyclic) bond motifs is 1. The lowest BCUT2D eigenvalue weighted by atomic mass is 9.82. The molecule has 0 saturated heterocycles. The maximum absolute atomic E-state index is 5.97. The summed E-state index contributed by atoms with van der Waals surface area (Å²) in [6, 6.07) is 5.70. The average molecular weight is 252 g/mol. The van der Waals surface area contributed by atoms with Crippen molar-refractivity contribution in [2.75, 3.05) is 6.54 Å². The molecule has 0 unspecified atom stereocenters. The molecular formula is C13H18ClN3. The molecule has 1 aromatic carbocycles. The largest absolute Gasteiger partial charge is 0.341 e. The Labute approximate surface area is 106 Å². The molecule has 0 aliphatic carbocycles. The number of aromatic nitrogens is 2. The lowest BCUT2D eigenvalue weighted by molar-refractivity contribution is 0.387. The Kier molecular flexibility index (Phi) is 3.40. The number of rotatable bonds is 4. The van der Waals surface area contributed by atoms with Gasteiger partial charge in [0.2, 0.25) is 0 Å². The van der Waals surface area contributed by atoms with Gasteiger partial charge in [-0.2, -0.15) is 0 Å². The molecule has 0 saturated carbocycles. The SMILES string of the molecule is CCC(CC)(CN)c1nc2ccc(Cl)cc2[nH]1. The molecule has 0 spiro atoms. The number of hydrogen-bond acceptors (Lipinski definition) is 2. The maximum Gasteiger partial charge on any atom is 0.114 e. The van der Waals surface area contributed by atoms with Crippen LogP contribution in [-0.2, 0) is 5.41 Å². The van der Waals surface area contributed by atoms with Crippen LogP contribution in [0.3, 0.4) is 0 Å². The van der Waals surface area contributed by atoms with Crippen LogP contribution in [0.25, 0.3) is 11.0 Å². The summed E-state index contributed by atoms with van der Waals surface area (Å²) in [6.45, 7) is 4.90. The van der Waals surface area contributed by atoms with Gasteiger partial charge in [0.15, 0.2) is 0 Å². The number of nitrogens with two attached hydrogens (primary N) is 1. The molecule has 0 radical (unpaired) electrons. The minimum absolute atomic E-state index is 0.0501. The van der Waals surface area contributed by atoms with E-state index in [0.717, 1.165) is 34.7 Å². The molecule has 0 bridgehead atoms. The number of imidazole rings is 1. The lowest BCUT2D eigenvalue weighted by Gasteiger charge is -2.27. The predicted octanol–water partition coefficient (Wildman–Crippen LogP) is 3.23. The molecule has 92 valence electrons. The van der Waals surface area contributed by atoms with Gasteiger partial charge < -0.3 is 10.7 Å². The van der Waals surface area contributed by atoms with Crippen molar-refractivity contribution < 1.29 is 0 Å². The predicted molar refractivity (Wildman–Crippen MR) is 72.4 cm³/mol. The van der Waals surface area contributed by atoms with Gasteiger partial charge in [0, 0.05) is 17.0 Å². The van der Waals surface area contributed by atoms with Crippen LogP contribution >= 0.6 is 11.6 Å². The second-order valence-corrected chi connectivity index (χ2v) is 4.87. The highest BCUT2D eigenvalue weighted by Gasteiger charge is 2.30. The molecule has 1 heterocycles. The first kappa shape index (κ1) is 12.4. The topological polar surface area (TPSA) is 54.7 Å². The molecule has 4 heteroatoms. The van der Waals surface area contributed by atoms with E-state index in [1.807, 2.05) is 18.2 Å². The van der Waals surface area contributed by atoms with Gasteiger partial charge in [0.1, 0.15) is 5.82 Å². The minimum Gasteiger partial charge on any atom is -0.341 e. The van der Waals surface area contributed by atoms with E-state index in [4.69, 9.17) is 17.3 Å². The van der Waals surface area contributed by atoms with E-state index >= 15 is 0 Å². The van der Waals surface area contributed by atoms with E-state index in [1.54, 1.807) is 0 Å². The zero-order chi connectivity index (χ0) is 12.5. The summed E-state index contributed by atoms with van der Waals surface area (Å²) in [5.41, 5.74) is 7.80. The van der Waals surface area contributed by atoms with Crippen LogP contribution in [-0.4, -0.2) is 16.5 Å². The molecule has 0 atom stereocenters. The van der Waals surface area contributed by atoms with Crippen molar-refractivity contribution in [3.05, 3.63) is 29.0 Å². The van der Waals surface area contributed by atoms with Crippen LogP contribution in [0, 0.1) is 0 Å². The summed E-state index contributed by atoms with van der Waals surface area (Å²) in [6.07, 6.45) is 1.96. The van der Waals surface area contributed by atoms with Gasteiger partial charge in [-0.1, -0.05) is 25.4 Å². The molecule has 0 amide bonds. The summed E-state index contributed by atoms with van der Waals surface area (Å²) in [5.74, 6) is 0.974. The fraction of sp³-hybridized carbons (Fsp3) is 0.462. The fourth-order valence-corrected chi connectivity index (χ4v) is 2.38. The van der Waals surface area contributed by atoms with Crippen LogP contribution in [0.5, 0.6) is 0 Å². The van der Waals surface area contributed by atoms with Crippen LogP contribution in [0.4, 0.5) is 0 Å². The average Bonchev–Trinajstić information content (AvgIpc) is 2.75. The smallest absolute Gasteiger partial charge is 0.114 e. The van der Waals surface area contributed by atoms with E-state index in [-0.39, 0.29) is 5.41 Å². The summed E-state index contributed by atoms with van der Waals surface area (Å²) < 4.78 is 0. The molecule has 2 rings (SSSR count). The Balaban J connectivity index is 2.55. The molecule has 3 N–H and O–H groups in total. The van der Waals surface area contributed by atoms with Crippen LogP contribution in [0.15, 0.2) is 18.2 Å². The molecule has 0 fully saturated rings. The normalized spacial score (nSPS) is 12.2. The van der Waals surface area contributed by atoms with Crippen molar-refractivity contribution in [3.8, 4) is 0 Å². The van der Waals surface area contributed by atoms with E-state index < -0.39 is 0 Å². The molecule has 3 nitrogen and oxygen atoms in total. The second-order valence-electron chi connectivity index (χ2n) is 4.44. The van der Waals surface area contributed by atoms with Gasteiger partial charge >= 0.3 is 0 Å². The molecule has 17 heavy (non-hydrogen) atoms. The Morgan fingerprint density at radius 1 is 1.35 bits per heavy atom. The lowest BCUT2D eigenvalue weighted by Crippen LogP contribution is -2.35. The number of hydrogen-bond donors (Lipinski definition) is 2. The first-order valence-corrected chi connectivity index (χ1v) is 6.39. The zero-order valence-corrected chi connectivity index (χ0v) is 11.0. The highest BCUT2D eigenvalue weighted by atomic mass is 35.5. The van der Waals surface area contributed by atoms with Gasteiger partial charge in [-0.15, -0.1) is 0 Å². The van der Waals surface area contributed by atoms with E-state index in [9.17, 15) is 0 Å². The van der Waals surface area contributed by atoms with Gasteiger partial charge in [-0.05, 0) is 31.0 Å². The van der Waals surface area contributed by atoms with Crippen LogP contribution in [0.1, 0.15) is 32.5 Å². The Hall–Kier alpha value is -1.06. The summed E-state index contributed by atoms with van der Waals surface area (Å²) in [5, 5.41) is 0.721.